The molecule has 96 valence electrons. The summed E-state index contributed by atoms with van der Waals surface area (Å²) in [5.41, 5.74) is 5.44. The Morgan fingerprint density at radius 1 is 1.29 bits per heavy atom. The molecule has 0 aromatic carbocycles. The molecule has 17 heavy (non-hydrogen) atoms. The number of aromatic nitrogens is 2. The smallest absolute Gasteiger partial charge is 0.330 e. The molecule has 0 spiro atoms. The van der Waals surface area contributed by atoms with Gasteiger partial charge >= 0.3 is 5.69 Å². The maximum atomic E-state index is 11.8. The second-order valence-electron chi connectivity index (χ2n) is 4.08. The van der Waals surface area contributed by atoms with E-state index in [9.17, 15) is 9.59 Å². The van der Waals surface area contributed by atoms with E-state index >= 15 is 0 Å². The zero-order valence-corrected chi connectivity index (χ0v) is 10.4. The molecule has 0 aliphatic carbocycles. The molecule has 6 heteroatoms. The predicted octanol–water partition coefficient (Wildman–Crippen LogP) is -1.09. The third kappa shape index (κ3) is 3.54. The van der Waals surface area contributed by atoms with Gasteiger partial charge in [-0.15, -0.1) is 0 Å². The topological polar surface area (TPSA) is 82.1 Å². The van der Waals surface area contributed by atoms with Crippen molar-refractivity contribution in [3.05, 3.63) is 32.6 Å². The van der Waals surface area contributed by atoms with E-state index in [-0.39, 0.29) is 11.2 Å². The fraction of sp³-hybridized carbons (Fsp3) is 0.636. The van der Waals surface area contributed by atoms with Gasteiger partial charge in [0.15, 0.2) is 0 Å². The predicted molar refractivity (Wildman–Crippen MR) is 66.9 cm³/mol. The van der Waals surface area contributed by atoms with Gasteiger partial charge < -0.3 is 15.6 Å². The Bertz CT molecular complexity index is 475. The standard InChI is InChI=1S/C11H20N4O2/c1-14-8-9(7-13-6-4-3-5-12)10(16)15(2)11(14)17/h8,13H,3-7,12H2,1-2H3. The van der Waals surface area contributed by atoms with Gasteiger partial charge in [0.2, 0.25) is 0 Å². The monoisotopic (exact) mass is 240 g/mol. The van der Waals surface area contributed by atoms with Crippen LogP contribution in [0.5, 0.6) is 0 Å². The summed E-state index contributed by atoms with van der Waals surface area (Å²) in [5.74, 6) is 0. The van der Waals surface area contributed by atoms with Crippen molar-refractivity contribution >= 4 is 0 Å². The molecule has 0 unspecified atom stereocenters. The van der Waals surface area contributed by atoms with E-state index in [2.05, 4.69) is 5.32 Å². The second kappa shape index (κ2) is 6.36. The minimum Gasteiger partial charge on any atom is -0.330 e. The van der Waals surface area contributed by atoms with E-state index in [0.717, 1.165) is 24.0 Å². The summed E-state index contributed by atoms with van der Waals surface area (Å²) in [6.07, 6.45) is 3.54. The van der Waals surface area contributed by atoms with Gasteiger partial charge in [-0.05, 0) is 25.9 Å². The van der Waals surface area contributed by atoms with Crippen molar-refractivity contribution in [1.82, 2.24) is 14.5 Å². The zero-order chi connectivity index (χ0) is 12.8. The van der Waals surface area contributed by atoms with Crippen molar-refractivity contribution in [3.8, 4) is 0 Å². The molecular weight excluding hydrogens is 220 g/mol. The number of hydrogen-bond donors (Lipinski definition) is 2. The number of nitrogens with zero attached hydrogens (tertiary/aromatic N) is 2. The molecule has 1 rings (SSSR count). The van der Waals surface area contributed by atoms with Gasteiger partial charge in [0.1, 0.15) is 0 Å². The van der Waals surface area contributed by atoms with Gasteiger partial charge in [-0.1, -0.05) is 0 Å². The molecule has 1 heterocycles. The van der Waals surface area contributed by atoms with Crippen LogP contribution in [0.1, 0.15) is 18.4 Å². The Morgan fingerprint density at radius 2 is 2.00 bits per heavy atom. The van der Waals surface area contributed by atoms with Crippen molar-refractivity contribution in [2.24, 2.45) is 19.8 Å². The Labute approximate surface area is 100 Å². The van der Waals surface area contributed by atoms with Crippen molar-refractivity contribution < 1.29 is 0 Å². The van der Waals surface area contributed by atoms with Crippen LogP contribution in [0.15, 0.2) is 15.8 Å². The van der Waals surface area contributed by atoms with Crippen LogP contribution in [0.4, 0.5) is 0 Å². The first-order chi connectivity index (χ1) is 8.07. The highest BCUT2D eigenvalue weighted by molar-refractivity contribution is 5.05. The van der Waals surface area contributed by atoms with Crippen molar-refractivity contribution in [2.75, 3.05) is 13.1 Å². The summed E-state index contributed by atoms with van der Waals surface area (Å²) < 4.78 is 2.54. The van der Waals surface area contributed by atoms with Crippen LogP contribution in [0.3, 0.4) is 0 Å². The lowest BCUT2D eigenvalue weighted by molar-refractivity contribution is 0.603. The number of hydrogen-bond acceptors (Lipinski definition) is 4. The lowest BCUT2D eigenvalue weighted by Gasteiger charge is -2.07. The van der Waals surface area contributed by atoms with Crippen molar-refractivity contribution in [1.29, 1.82) is 0 Å². The zero-order valence-electron chi connectivity index (χ0n) is 10.4. The second-order valence-corrected chi connectivity index (χ2v) is 4.08. The largest absolute Gasteiger partial charge is 0.330 e. The van der Waals surface area contributed by atoms with E-state index < -0.39 is 0 Å². The molecule has 0 bridgehead atoms. The summed E-state index contributed by atoms with van der Waals surface area (Å²) in [6, 6.07) is 0. The third-order valence-corrected chi connectivity index (χ3v) is 2.64. The number of nitrogens with one attached hydrogen (secondary N) is 1. The minimum absolute atomic E-state index is 0.237. The maximum Gasteiger partial charge on any atom is 0.330 e. The third-order valence-electron chi connectivity index (χ3n) is 2.64. The molecule has 0 radical (unpaired) electrons. The van der Waals surface area contributed by atoms with Gasteiger partial charge in [0, 0.05) is 32.4 Å². The lowest BCUT2D eigenvalue weighted by atomic mass is 10.3. The maximum absolute atomic E-state index is 11.8. The minimum atomic E-state index is -0.304. The Kier molecular flexibility index (Phi) is 5.11. The molecular formula is C11H20N4O2. The summed E-state index contributed by atoms with van der Waals surface area (Å²) in [4.78, 5) is 23.2. The van der Waals surface area contributed by atoms with Gasteiger partial charge in [-0.25, -0.2) is 4.79 Å². The van der Waals surface area contributed by atoms with Crippen LogP contribution < -0.4 is 22.3 Å². The molecule has 0 atom stereocenters. The van der Waals surface area contributed by atoms with Gasteiger partial charge in [-0.3, -0.25) is 9.36 Å². The quantitative estimate of drug-likeness (QED) is 0.619. The average Bonchev–Trinajstić information content (AvgIpc) is 2.32. The van der Waals surface area contributed by atoms with E-state index in [1.807, 2.05) is 0 Å². The van der Waals surface area contributed by atoms with Crippen LogP contribution in [-0.2, 0) is 20.6 Å². The van der Waals surface area contributed by atoms with E-state index in [4.69, 9.17) is 5.73 Å². The van der Waals surface area contributed by atoms with Crippen LogP contribution in [0.25, 0.3) is 0 Å². The highest BCUT2D eigenvalue weighted by Crippen LogP contribution is 1.89. The number of nitrogens with two attached hydrogens (primary N) is 1. The summed E-state index contributed by atoms with van der Waals surface area (Å²) in [7, 11) is 3.13. The molecule has 0 amide bonds. The first-order valence-corrected chi connectivity index (χ1v) is 5.74. The SMILES string of the molecule is Cn1cc(CNCCCCN)c(=O)n(C)c1=O. The van der Waals surface area contributed by atoms with E-state index in [0.29, 0.717) is 18.7 Å². The first kappa shape index (κ1) is 13.7. The highest BCUT2D eigenvalue weighted by Gasteiger charge is 2.05. The number of unbranched alkanes of at least 4 members (excludes halogenated alkanes) is 1. The normalized spacial score (nSPS) is 10.8. The van der Waals surface area contributed by atoms with E-state index in [1.165, 1.54) is 11.6 Å². The number of rotatable bonds is 6. The molecule has 0 fully saturated rings. The van der Waals surface area contributed by atoms with Crippen LogP contribution in [0.2, 0.25) is 0 Å². The van der Waals surface area contributed by atoms with E-state index in [1.54, 1.807) is 13.2 Å². The van der Waals surface area contributed by atoms with Crippen LogP contribution >= 0.6 is 0 Å². The fourth-order valence-electron chi connectivity index (χ4n) is 1.62. The Hall–Kier alpha value is -1.40. The molecule has 0 saturated heterocycles. The molecule has 6 nitrogen and oxygen atoms in total. The van der Waals surface area contributed by atoms with Gasteiger partial charge in [-0.2, -0.15) is 0 Å². The molecule has 1 aromatic heterocycles. The van der Waals surface area contributed by atoms with Crippen LogP contribution in [-0.4, -0.2) is 22.2 Å². The molecule has 0 saturated carbocycles. The highest BCUT2D eigenvalue weighted by atomic mass is 16.2. The van der Waals surface area contributed by atoms with Crippen molar-refractivity contribution in [3.63, 3.8) is 0 Å². The Balaban J connectivity index is 2.66. The van der Waals surface area contributed by atoms with Crippen molar-refractivity contribution in [2.45, 2.75) is 19.4 Å². The first-order valence-electron chi connectivity index (χ1n) is 5.74. The molecule has 0 aliphatic heterocycles. The van der Waals surface area contributed by atoms with Gasteiger partial charge in [0.25, 0.3) is 5.56 Å². The fourth-order valence-corrected chi connectivity index (χ4v) is 1.62. The average molecular weight is 240 g/mol. The van der Waals surface area contributed by atoms with Crippen LogP contribution in [0, 0.1) is 0 Å². The summed E-state index contributed by atoms with van der Waals surface area (Å²) >= 11 is 0. The molecule has 0 aliphatic rings. The molecule has 1 aromatic rings. The summed E-state index contributed by atoms with van der Waals surface area (Å²) in [5, 5.41) is 3.17. The lowest BCUT2D eigenvalue weighted by Crippen LogP contribution is -2.39. The Morgan fingerprint density at radius 3 is 2.65 bits per heavy atom. The number of aryl methyl sites for hydroxylation is 1. The van der Waals surface area contributed by atoms with Gasteiger partial charge in [0.05, 0.1) is 0 Å². The summed E-state index contributed by atoms with van der Waals surface area (Å²) in [6.45, 7) is 1.98. The molecule has 3 N–H and O–H groups in total.